The molecule has 0 bridgehead atoms. The standard InChI is InChI=1S/C12H17FN2/c1-3-4-5-12(15-14)10-7-6-9(2)8-11(10)13/h3,6-8,12,15H,1,4-5,14H2,2H3. The van der Waals surface area contributed by atoms with Crippen LogP contribution in [0.4, 0.5) is 4.39 Å². The highest BCUT2D eigenvalue weighted by Crippen LogP contribution is 2.21. The first-order valence-electron chi connectivity index (χ1n) is 5.02. The maximum atomic E-state index is 13.6. The molecule has 0 amide bonds. The van der Waals surface area contributed by atoms with Gasteiger partial charge in [-0.25, -0.2) is 4.39 Å². The number of rotatable bonds is 5. The Morgan fingerprint density at radius 3 is 2.87 bits per heavy atom. The molecule has 2 nitrogen and oxygen atoms in total. The van der Waals surface area contributed by atoms with Crippen molar-refractivity contribution in [1.29, 1.82) is 0 Å². The molecule has 0 aliphatic heterocycles. The van der Waals surface area contributed by atoms with Crippen LogP contribution in [0, 0.1) is 12.7 Å². The molecule has 1 aromatic carbocycles. The van der Waals surface area contributed by atoms with Gasteiger partial charge < -0.3 is 0 Å². The van der Waals surface area contributed by atoms with Gasteiger partial charge in [0.1, 0.15) is 5.82 Å². The van der Waals surface area contributed by atoms with E-state index in [-0.39, 0.29) is 11.9 Å². The molecule has 1 aromatic rings. The van der Waals surface area contributed by atoms with Crippen LogP contribution in [0.3, 0.4) is 0 Å². The van der Waals surface area contributed by atoms with Crippen molar-refractivity contribution < 1.29 is 4.39 Å². The molecule has 0 aromatic heterocycles. The fourth-order valence-corrected chi connectivity index (χ4v) is 1.53. The minimum Gasteiger partial charge on any atom is -0.271 e. The lowest BCUT2D eigenvalue weighted by Gasteiger charge is -2.16. The van der Waals surface area contributed by atoms with Gasteiger partial charge >= 0.3 is 0 Å². The zero-order valence-corrected chi connectivity index (χ0v) is 8.96. The number of nitrogens with one attached hydrogen (secondary N) is 1. The van der Waals surface area contributed by atoms with E-state index >= 15 is 0 Å². The van der Waals surface area contributed by atoms with E-state index in [0.29, 0.717) is 5.56 Å². The van der Waals surface area contributed by atoms with Crippen molar-refractivity contribution in [2.75, 3.05) is 0 Å². The highest BCUT2D eigenvalue weighted by Gasteiger charge is 2.13. The molecule has 0 heterocycles. The largest absolute Gasteiger partial charge is 0.271 e. The van der Waals surface area contributed by atoms with Crippen molar-refractivity contribution >= 4 is 0 Å². The van der Waals surface area contributed by atoms with Gasteiger partial charge in [0, 0.05) is 11.6 Å². The SMILES string of the molecule is C=CCCC(NN)c1ccc(C)cc1F. The third-order valence-corrected chi connectivity index (χ3v) is 2.39. The molecule has 3 N–H and O–H groups in total. The summed E-state index contributed by atoms with van der Waals surface area (Å²) in [6, 6.07) is 5.03. The molecular weight excluding hydrogens is 191 g/mol. The lowest BCUT2D eigenvalue weighted by molar-refractivity contribution is 0.488. The van der Waals surface area contributed by atoms with Gasteiger partial charge in [-0.1, -0.05) is 18.2 Å². The number of benzene rings is 1. The Morgan fingerprint density at radius 1 is 1.60 bits per heavy atom. The Hall–Kier alpha value is -1.19. The molecule has 3 heteroatoms. The molecule has 0 spiro atoms. The Labute approximate surface area is 90.0 Å². The third-order valence-electron chi connectivity index (χ3n) is 2.39. The summed E-state index contributed by atoms with van der Waals surface area (Å²) in [7, 11) is 0. The second kappa shape index (κ2) is 5.63. The number of halogens is 1. The Balaban J connectivity index is 2.86. The molecule has 1 atom stereocenters. The van der Waals surface area contributed by atoms with Crippen LogP contribution >= 0.6 is 0 Å². The zero-order chi connectivity index (χ0) is 11.3. The Kier molecular flexibility index (Phi) is 4.46. The predicted molar refractivity (Wildman–Crippen MR) is 60.6 cm³/mol. The van der Waals surface area contributed by atoms with E-state index in [1.807, 2.05) is 13.0 Å². The highest BCUT2D eigenvalue weighted by atomic mass is 19.1. The van der Waals surface area contributed by atoms with Crippen LogP contribution in [0.2, 0.25) is 0 Å². The lowest BCUT2D eigenvalue weighted by Crippen LogP contribution is -2.28. The topological polar surface area (TPSA) is 38.0 Å². The molecule has 0 saturated carbocycles. The summed E-state index contributed by atoms with van der Waals surface area (Å²) >= 11 is 0. The van der Waals surface area contributed by atoms with E-state index in [1.54, 1.807) is 12.1 Å². The quantitative estimate of drug-likeness (QED) is 0.443. The normalized spacial score (nSPS) is 12.5. The van der Waals surface area contributed by atoms with Crippen molar-refractivity contribution in [1.82, 2.24) is 5.43 Å². The third kappa shape index (κ3) is 3.15. The van der Waals surface area contributed by atoms with Crippen LogP contribution in [-0.2, 0) is 0 Å². The molecule has 82 valence electrons. The second-order valence-corrected chi connectivity index (χ2v) is 3.61. The van der Waals surface area contributed by atoms with Crippen molar-refractivity contribution in [2.24, 2.45) is 5.84 Å². The minimum atomic E-state index is -0.206. The van der Waals surface area contributed by atoms with Crippen LogP contribution < -0.4 is 11.3 Å². The van der Waals surface area contributed by atoms with Crippen LogP contribution in [0.1, 0.15) is 30.0 Å². The molecule has 0 radical (unpaired) electrons. The minimum absolute atomic E-state index is 0.149. The smallest absolute Gasteiger partial charge is 0.128 e. The number of hydrogen-bond donors (Lipinski definition) is 2. The van der Waals surface area contributed by atoms with E-state index in [2.05, 4.69) is 12.0 Å². The van der Waals surface area contributed by atoms with Gasteiger partial charge in [0.05, 0.1) is 0 Å². The first-order valence-corrected chi connectivity index (χ1v) is 5.02. The fraction of sp³-hybridized carbons (Fsp3) is 0.333. The average Bonchev–Trinajstić information content (AvgIpc) is 2.21. The number of nitrogens with two attached hydrogens (primary N) is 1. The van der Waals surface area contributed by atoms with Crippen LogP contribution in [-0.4, -0.2) is 0 Å². The summed E-state index contributed by atoms with van der Waals surface area (Å²) in [5.74, 6) is 5.20. The van der Waals surface area contributed by atoms with Crippen LogP contribution in [0.5, 0.6) is 0 Å². The predicted octanol–water partition coefficient (Wildman–Crippen LogP) is 2.60. The first kappa shape index (κ1) is 11.9. The van der Waals surface area contributed by atoms with Crippen molar-refractivity contribution in [3.8, 4) is 0 Å². The molecule has 0 saturated heterocycles. The molecule has 0 aliphatic rings. The molecule has 1 unspecified atom stereocenters. The number of allylic oxidation sites excluding steroid dienone is 1. The van der Waals surface area contributed by atoms with Gasteiger partial charge in [-0.15, -0.1) is 6.58 Å². The van der Waals surface area contributed by atoms with Crippen LogP contribution in [0.25, 0.3) is 0 Å². The van der Waals surface area contributed by atoms with Gasteiger partial charge in [-0.05, 0) is 31.4 Å². The summed E-state index contributed by atoms with van der Waals surface area (Å²) in [5, 5.41) is 0. The maximum Gasteiger partial charge on any atom is 0.128 e. The summed E-state index contributed by atoms with van der Waals surface area (Å²) in [5.41, 5.74) is 4.15. The maximum absolute atomic E-state index is 13.6. The van der Waals surface area contributed by atoms with E-state index < -0.39 is 0 Å². The monoisotopic (exact) mass is 208 g/mol. The molecule has 1 rings (SSSR count). The van der Waals surface area contributed by atoms with Gasteiger partial charge in [-0.3, -0.25) is 11.3 Å². The highest BCUT2D eigenvalue weighted by molar-refractivity contribution is 5.26. The number of hydrogen-bond acceptors (Lipinski definition) is 2. The van der Waals surface area contributed by atoms with Crippen LogP contribution in [0.15, 0.2) is 30.9 Å². The summed E-state index contributed by atoms with van der Waals surface area (Å²) in [4.78, 5) is 0. The van der Waals surface area contributed by atoms with Crippen molar-refractivity contribution in [3.63, 3.8) is 0 Å². The number of hydrazine groups is 1. The number of aryl methyl sites for hydroxylation is 1. The molecule has 15 heavy (non-hydrogen) atoms. The van der Waals surface area contributed by atoms with E-state index in [4.69, 9.17) is 5.84 Å². The molecule has 0 fully saturated rings. The lowest BCUT2D eigenvalue weighted by atomic mass is 10.0. The van der Waals surface area contributed by atoms with Gasteiger partial charge in [0.2, 0.25) is 0 Å². The van der Waals surface area contributed by atoms with Crippen molar-refractivity contribution in [2.45, 2.75) is 25.8 Å². The van der Waals surface area contributed by atoms with E-state index in [1.165, 1.54) is 6.07 Å². The molecular formula is C12H17FN2. The van der Waals surface area contributed by atoms with Gasteiger partial charge in [-0.2, -0.15) is 0 Å². The second-order valence-electron chi connectivity index (χ2n) is 3.61. The van der Waals surface area contributed by atoms with E-state index in [0.717, 1.165) is 18.4 Å². The summed E-state index contributed by atoms with van der Waals surface area (Å²) in [6.07, 6.45) is 3.36. The van der Waals surface area contributed by atoms with Gasteiger partial charge in [0.25, 0.3) is 0 Å². The Morgan fingerprint density at radius 2 is 2.33 bits per heavy atom. The van der Waals surface area contributed by atoms with Gasteiger partial charge in [0.15, 0.2) is 0 Å². The summed E-state index contributed by atoms with van der Waals surface area (Å²) < 4.78 is 13.6. The average molecular weight is 208 g/mol. The zero-order valence-electron chi connectivity index (χ0n) is 8.96. The van der Waals surface area contributed by atoms with Crippen molar-refractivity contribution in [3.05, 3.63) is 47.8 Å². The fourth-order valence-electron chi connectivity index (χ4n) is 1.53. The first-order chi connectivity index (χ1) is 7.19. The van der Waals surface area contributed by atoms with E-state index in [9.17, 15) is 4.39 Å². The molecule has 0 aliphatic carbocycles. The summed E-state index contributed by atoms with van der Waals surface area (Å²) in [6.45, 7) is 5.50. The Bertz CT molecular complexity index is 336.